The van der Waals surface area contributed by atoms with Crippen LogP contribution in [0.25, 0.3) is 0 Å². The average molecular weight is 234 g/mol. The molecule has 0 bridgehead atoms. The van der Waals surface area contributed by atoms with Crippen molar-refractivity contribution in [2.75, 3.05) is 10.6 Å². The largest absolute Gasteiger partial charge is 0.0928 e. The Kier molecular flexibility index (Phi) is 3.19. The fourth-order valence-corrected chi connectivity index (χ4v) is 0.783. The molecule has 0 saturated heterocycles. The van der Waals surface area contributed by atoms with Crippen LogP contribution in [0.4, 0.5) is 0 Å². The van der Waals surface area contributed by atoms with E-state index >= 15 is 0 Å². The second-order valence-electron chi connectivity index (χ2n) is 1.12. The third-order valence-corrected chi connectivity index (χ3v) is 1.34. The highest BCUT2D eigenvalue weighted by Gasteiger charge is 1.81. The minimum Gasteiger partial charge on any atom is -0.0928 e. The van der Waals surface area contributed by atoms with Crippen LogP contribution in [0, 0.1) is 0 Å². The first kappa shape index (κ1) is 3.21. The first-order chi connectivity index (χ1) is 4.71. The maximum Gasteiger partial charge on any atom is 0.0387 e. The molecule has 0 heterocycles. The highest BCUT2D eigenvalue weighted by atomic mass is 79.9. The lowest BCUT2D eigenvalue weighted by Gasteiger charge is -1.88. The molecule has 0 rings (SSSR count). The molecule has 0 unspecified atom stereocenters. The monoisotopic (exact) mass is 232 g/mol. The van der Waals surface area contributed by atoms with Crippen LogP contribution in [0.15, 0.2) is 0 Å². The molecule has 2 heteroatoms. The summed E-state index contributed by atoms with van der Waals surface area (Å²) >= 11 is 5.68. The van der Waals surface area contributed by atoms with Gasteiger partial charge in [-0.3, -0.25) is 0 Å². The van der Waals surface area contributed by atoms with Gasteiger partial charge < -0.3 is 0 Å². The van der Waals surface area contributed by atoms with Crippen molar-refractivity contribution in [3.8, 4) is 0 Å². The van der Waals surface area contributed by atoms with Crippen LogP contribution in [0.1, 0.15) is 24.7 Å². The zero-order valence-electron chi connectivity index (χ0n) is 7.88. The summed E-state index contributed by atoms with van der Waals surface area (Å²) < 4.78 is 28.3. The summed E-state index contributed by atoms with van der Waals surface area (Å²) in [7, 11) is 0. The summed E-state index contributed by atoms with van der Waals surface area (Å²) in [6.45, 7) is 0. The van der Waals surface area contributed by atoms with Crippen molar-refractivity contribution in [1.29, 1.82) is 0 Å². The molecule has 0 fully saturated rings. The highest BCUT2D eigenvalue weighted by molar-refractivity contribution is 9.09. The molecule has 0 aliphatic carbocycles. The fraction of sp³-hybridized carbons (Fsp3) is 1.00. The predicted octanol–water partition coefficient (Wildman–Crippen LogP) is 2.95. The van der Waals surface area contributed by atoms with Gasteiger partial charge in [0.05, 0.1) is 0 Å². The van der Waals surface area contributed by atoms with E-state index in [2.05, 4.69) is 31.9 Å². The molecule has 0 aliphatic rings. The molecule has 0 spiro atoms. The minimum atomic E-state index is -1.36. The Morgan fingerprint density at radius 2 is 1.43 bits per heavy atom. The van der Waals surface area contributed by atoms with Gasteiger partial charge in [0, 0.05) is 16.0 Å². The molecule has 0 N–H and O–H groups in total. The molecule has 0 nitrogen and oxygen atoms in total. The van der Waals surface area contributed by atoms with Gasteiger partial charge in [-0.05, 0) is 12.8 Å². The van der Waals surface area contributed by atoms with Gasteiger partial charge in [0.25, 0.3) is 0 Å². The number of alkyl halides is 2. The summed E-state index contributed by atoms with van der Waals surface area (Å²) in [5, 5.41) is -2.71. The predicted molar refractivity (Wildman–Crippen MR) is 41.4 cm³/mol. The third kappa shape index (κ3) is 6.96. The smallest absolute Gasteiger partial charge is 0.0387 e. The Labute approximate surface area is 67.6 Å². The summed E-state index contributed by atoms with van der Waals surface area (Å²) in [5.41, 5.74) is 0. The second kappa shape index (κ2) is 6.96. The van der Waals surface area contributed by atoms with Crippen LogP contribution >= 0.6 is 31.9 Å². The van der Waals surface area contributed by atoms with Crippen LogP contribution in [0.5, 0.6) is 0 Å². The second-order valence-corrected chi connectivity index (χ2v) is 2.24. The molecule has 0 aromatic rings. The van der Waals surface area contributed by atoms with E-state index in [0.717, 1.165) is 0 Å². The van der Waals surface area contributed by atoms with Crippen molar-refractivity contribution < 1.29 is 5.48 Å². The molecule has 0 aliphatic heterocycles. The Hall–Kier alpha value is 0.960. The Bertz CT molecular complexity index is 101. The van der Waals surface area contributed by atoms with Crippen molar-refractivity contribution in [3.05, 3.63) is 0 Å². The molecule has 0 saturated carbocycles. The molecule has 0 radical (unpaired) electrons. The zero-order chi connectivity index (χ0) is 9.12. The normalized spacial score (nSPS) is 22.0. The topological polar surface area (TPSA) is 0 Å². The van der Waals surface area contributed by atoms with E-state index in [9.17, 15) is 0 Å². The Balaban J connectivity index is 3.44. The molecule has 7 heavy (non-hydrogen) atoms. The number of rotatable bonds is 4. The van der Waals surface area contributed by atoms with E-state index in [1.807, 2.05) is 0 Å². The lowest BCUT2D eigenvalue weighted by molar-refractivity contribution is 0.792. The van der Waals surface area contributed by atoms with Crippen LogP contribution in [0.3, 0.4) is 0 Å². The van der Waals surface area contributed by atoms with Crippen molar-refractivity contribution in [2.24, 2.45) is 0 Å². The van der Waals surface area contributed by atoms with E-state index in [4.69, 9.17) is 5.48 Å². The number of hydrogen-bond acceptors (Lipinski definition) is 0. The molecule has 0 aromatic carbocycles. The van der Waals surface area contributed by atoms with Gasteiger partial charge in [-0.25, -0.2) is 0 Å². The quantitative estimate of drug-likeness (QED) is 0.656. The molecule has 0 aromatic heterocycles. The van der Waals surface area contributed by atoms with Gasteiger partial charge in [-0.15, -0.1) is 0 Å². The van der Waals surface area contributed by atoms with E-state index in [1.165, 1.54) is 0 Å². The first-order valence-corrected chi connectivity index (χ1v) is 3.67. The van der Waals surface area contributed by atoms with Crippen LogP contribution in [-0.4, -0.2) is 10.6 Å². The molecule has 44 valence electrons. The number of hydrogen-bond donors (Lipinski definition) is 0. The van der Waals surface area contributed by atoms with Crippen molar-refractivity contribution in [3.63, 3.8) is 0 Å². The van der Waals surface area contributed by atoms with Gasteiger partial charge >= 0.3 is 0 Å². The van der Waals surface area contributed by atoms with E-state index in [-0.39, 0.29) is 0 Å². The van der Waals surface area contributed by atoms with Crippen LogP contribution in [-0.2, 0) is 0 Å². The van der Waals surface area contributed by atoms with E-state index < -0.39 is 10.6 Å². The van der Waals surface area contributed by atoms with E-state index in [1.54, 1.807) is 0 Å². The maximum absolute atomic E-state index is 7.09. The molecular formula is C5H10Br2. The Morgan fingerprint density at radius 1 is 1.00 bits per heavy atom. The van der Waals surface area contributed by atoms with Crippen LogP contribution < -0.4 is 0 Å². The fourth-order valence-electron chi connectivity index (χ4n) is 0.222. The van der Waals surface area contributed by atoms with Crippen LogP contribution in [0.2, 0.25) is 0 Å². The standard InChI is InChI=1S/C5H10Br2/c6-4-2-1-3-5-7/h1-5H2/i4D2,5D2. The van der Waals surface area contributed by atoms with Gasteiger partial charge in [-0.1, -0.05) is 38.3 Å². The number of halogens is 2. The lowest BCUT2D eigenvalue weighted by atomic mass is 10.3. The van der Waals surface area contributed by atoms with Gasteiger partial charge in [-0.2, -0.15) is 0 Å². The maximum atomic E-state index is 7.09. The minimum absolute atomic E-state index is 0.331. The van der Waals surface area contributed by atoms with Crippen molar-refractivity contribution in [1.82, 2.24) is 0 Å². The summed E-state index contributed by atoms with van der Waals surface area (Å²) in [6, 6.07) is 0. The van der Waals surface area contributed by atoms with Gasteiger partial charge in [0.2, 0.25) is 0 Å². The average Bonchev–Trinajstić information content (AvgIpc) is 1.55. The Morgan fingerprint density at radius 3 is 1.71 bits per heavy atom. The van der Waals surface area contributed by atoms with Gasteiger partial charge in [0.15, 0.2) is 0 Å². The summed E-state index contributed by atoms with van der Waals surface area (Å²) in [6.07, 6.45) is 1.19. The van der Waals surface area contributed by atoms with Crippen molar-refractivity contribution in [2.45, 2.75) is 19.3 Å². The molecular weight excluding hydrogens is 220 g/mol. The lowest BCUT2D eigenvalue weighted by Crippen LogP contribution is -1.76. The molecule has 0 atom stereocenters. The van der Waals surface area contributed by atoms with Gasteiger partial charge in [0.1, 0.15) is 0 Å². The highest BCUT2D eigenvalue weighted by Crippen LogP contribution is 1.99. The first-order valence-electron chi connectivity index (χ1n) is 4.09. The van der Waals surface area contributed by atoms with E-state index in [0.29, 0.717) is 19.3 Å². The molecule has 0 amide bonds. The zero-order valence-corrected chi connectivity index (χ0v) is 7.05. The SMILES string of the molecule is [2H]C([2H])(Br)CCCC([2H])([2H])Br. The summed E-state index contributed by atoms with van der Waals surface area (Å²) in [5.74, 6) is 0. The van der Waals surface area contributed by atoms with Crippen molar-refractivity contribution >= 4 is 31.9 Å². The summed E-state index contributed by atoms with van der Waals surface area (Å²) in [4.78, 5) is 0. The third-order valence-electron chi connectivity index (χ3n) is 0.543.